The van der Waals surface area contributed by atoms with Gasteiger partial charge in [-0.2, -0.15) is 0 Å². The van der Waals surface area contributed by atoms with Crippen LogP contribution in [-0.2, 0) is 0 Å². The molecular weight excluding hydrogens is 314 g/mol. The second-order valence-corrected chi connectivity index (χ2v) is 5.12. The summed E-state index contributed by atoms with van der Waals surface area (Å²) in [5, 5.41) is 19.5. The highest BCUT2D eigenvalue weighted by Gasteiger charge is 2.12. The van der Waals surface area contributed by atoms with E-state index in [1.165, 1.54) is 0 Å². The number of aliphatic hydroxyl groups excluding tert-OH is 1. The van der Waals surface area contributed by atoms with Crippen molar-refractivity contribution in [2.45, 2.75) is 26.9 Å². The number of phenols is 1. The summed E-state index contributed by atoms with van der Waals surface area (Å²) in [5.74, 6) is 0.785. The number of aromatic hydroxyl groups is 1. The number of hydrogen-bond acceptors (Lipinski definition) is 4. The molecule has 25 heavy (non-hydrogen) atoms. The second kappa shape index (κ2) is 13.8. The Bertz CT molecular complexity index is 617. The molecule has 0 aliphatic carbocycles. The first-order chi connectivity index (χ1) is 12.0. The Labute approximate surface area is 151 Å². The minimum atomic E-state index is -0.840. The van der Waals surface area contributed by atoms with Gasteiger partial charge in [-0.15, -0.1) is 6.58 Å². The van der Waals surface area contributed by atoms with E-state index in [1.54, 1.807) is 43.6 Å². The lowest BCUT2D eigenvalue weighted by Gasteiger charge is -2.13. The fraction of sp³-hybridized carbons (Fsp3) is 0.286. The van der Waals surface area contributed by atoms with Gasteiger partial charge >= 0.3 is 0 Å². The maximum Gasteiger partial charge on any atom is 0.121 e. The van der Waals surface area contributed by atoms with Crippen LogP contribution in [0.2, 0.25) is 0 Å². The molecule has 0 fully saturated rings. The van der Waals surface area contributed by atoms with E-state index in [-0.39, 0.29) is 12.4 Å². The van der Waals surface area contributed by atoms with Crippen molar-refractivity contribution < 1.29 is 14.9 Å². The average Bonchev–Trinajstić information content (AvgIpc) is 2.62. The quantitative estimate of drug-likeness (QED) is 0.624. The maximum absolute atomic E-state index is 9.93. The van der Waals surface area contributed by atoms with Crippen molar-refractivity contribution >= 4 is 6.21 Å². The lowest BCUT2D eigenvalue weighted by molar-refractivity contribution is 0.106. The summed E-state index contributed by atoms with van der Waals surface area (Å²) in [6, 6.07) is 14.3. The first kappa shape index (κ1) is 22.4. The van der Waals surface area contributed by atoms with Crippen LogP contribution < -0.4 is 4.74 Å². The predicted molar refractivity (Wildman–Crippen MR) is 106 cm³/mol. The van der Waals surface area contributed by atoms with Gasteiger partial charge in [-0.25, -0.2) is 0 Å². The van der Waals surface area contributed by atoms with Crippen LogP contribution in [0.15, 0.2) is 66.2 Å². The van der Waals surface area contributed by atoms with Crippen molar-refractivity contribution in [2.75, 3.05) is 13.7 Å². The average molecular weight is 343 g/mol. The number of rotatable bonds is 4. The van der Waals surface area contributed by atoms with Crippen LogP contribution in [0.4, 0.5) is 0 Å². The highest BCUT2D eigenvalue weighted by atomic mass is 16.5. The molecule has 0 saturated heterocycles. The van der Waals surface area contributed by atoms with Gasteiger partial charge in [0, 0.05) is 12.6 Å². The molecule has 4 nitrogen and oxygen atoms in total. The molecule has 0 aliphatic rings. The van der Waals surface area contributed by atoms with Gasteiger partial charge in [-0.3, -0.25) is 0 Å². The number of phenolic OH excluding ortho intramolecular Hbond substituents is 1. The number of para-hydroxylation sites is 1. The van der Waals surface area contributed by atoms with Crippen LogP contribution in [0.1, 0.15) is 31.1 Å². The van der Waals surface area contributed by atoms with E-state index in [0.717, 1.165) is 5.56 Å². The van der Waals surface area contributed by atoms with Gasteiger partial charge in [0.25, 0.3) is 0 Å². The van der Waals surface area contributed by atoms with Crippen molar-refractivity contribution in [1.29, 1.82) is 0 Å². The molecule has 0 amide bonds. The number of allylic oxidation sites excluding steroid dienone is 1. The highest BCUT2D eigenvalue weighted by Crippen LogP contribution is 2.24. The number of benzene rings is 2. The van der Waals surface area contributed by atoms with E-state index in [0.29, 0.717) is 11.3 Å². The molecule has 0 aromatic heterocycles. The van der Waals surface area contributed by atoms with Crippen LogP contribution in [0.5, 0.6) is 11.5 Å². The monoisotopic (exact) mass is 343 g/mol. The van der Waals surface area contributed by atoms with Crippen molar-refractivity contribution in [3.05, 3.63) is 72.3 Å². The standard InChI is InChI=1S/C15H16O3.C3H7N.C3H6/c1-11-6-8-12(9-7-11)18-10-15(17)13-4-2-3-5-14(13)16;1-3-4-2;1-3-2/h2-9,15-17H,10H2,1H3;3H,1-2H3;3H,1H2,2H3. The molecule has 1 atom stereocenters. The van der Waals surface area contributed by atoms with E-state index in [2.05, 4.69) is 11.6 Å². The largest absolute Gasteiger partial charge is 0.508 e. The normalized spacial score (nSPS) is 10.8. The zero-order valence-corrected chi connectivity index (χ0v) is 15.5. The lowest BCUT2D eigenvalue weighted by Crippen LogP contribution is -2.09. The third-order valence-corrected chi connectivity index (χ3v) is 2.98. The summed E-state index contributed by atoms with van der Waals surface area (Å²) in [6.45, 7) is 9.25. The SMILES string of the molecule is C=CC.CC=NC.Cc1ccc(OCC(O)c2ccccc2O)cc1. The number of nitrogens with zero attached hydrogens (tertiary/aromatic N) is 1. The fourth-order valence-electron chi connectivity index (χ4n) is 1.67. The Morgan fingerprint density at radius 1 is 1.12 bits per heavy atom. The van der Waals surface area contributed by atoms with Crippen molar-refractivity contribution in [3.8, 4) is 11.5 Å². The molecular formula is C21H29NO3. The summed E-state index contributed by atoms with van der Waals surface area (Å²) in [5.41, 5.74) is 1.63. The third-order valence-electron chi connectivity index (χ3n) is 2.98. The van der Waals surface area contributed by atoms with E-state index >= 15 is 0 Å². The molecule has 0 spiro atoms. The van der Waals surface area contributed by atoms with Crippen molar-refractivity contribution in [1.82, 2.24) is 0 Å². The predicted octanol–water partition coefficient (Wildman–Crippen LogP) is 4.71. The summed E-state index contributed by atoms with van der Waals surface area (Å²) in [6.07, 6.45) is 2.66. The number of ether oxygens (including phenoxy) is 1. The number of aryl methyl sites for hydroxylation is 1. The van der Waals surface area contributed by atoms with E-state index < -0.39 is 6.10 Å². The maximum atomic E-state index is 9.93. The number of hydrogen-bond donors (Lipinski definition) is 2. The third kappa shape index (κ3) is 9.99. The fourth-order valence-corrected chi connectivity index (χ4v) is 1.67. The molecule has 0 aliphatic heterocycles. The zero-order valence-electron chi connectivity index (χ0n) is 15.5. The number of aliphatic imine (C=N–C) groups is 1. The molecule has 0 bridgehead atoms. The topological polar surface area (TPSA) is 62.0 Å². The molecule has 1 unspecified atom stereocenters. The molecule has 2 rings (SSSR count). The molecule has 136 valence electrons. The minimum Gasteiger partial charge on any atom is -0.508 e. The summed E-state index contributed by atoms with van der Waals surface area (Å²) < 4.78 is 5.47. The van der Waals surface area contributed by atoms with E-state index in [9.17, 15) is 10.2 Å². The molecule has 4 heteroatoms. The van der Waals surface area contributed by atoms with Gasteiger partial charge in [-0.05, 0) is 45.2 Å². The van der Waals surface area contributed by atoms with Gasteiger partial charge in [0.1, 0.15) is 24.2 Å². The Morgan fingerprint density at radius 3 is 2.12 bits per heavy atom. The van der Waals surface area contributed by atoms with Crippen molar-refractivity contribution in [2.24, 2.45) is 4.99 Å². The molecule has 2 aromatic rings. The first-order valence-corrected chi connectivity index (χ1v) is 8.09. The van der Waals surface area contributed by atoms with Gasteiger partial charge < -0.3 is 19.9 Å². The van der Waals surface area contributed by atoms with Gasteiger partial charge in [0.15, 0.2) is 0 Å². The summed E-state index contributed by atoms with van der Waals surface area (Å²) >= 11 is 0. The van der Waals surface area contributed by atoms with Crippen LogP contribution in [0.3, 0.4) is 0 Å². The zero-order chi connectivity index (χ0) is 19.1. The molecule has 0 saturated carbocycles. The lowest BCUT2D eigenvalue weighted by atomic mass is 10.1. The Balaban J connectivity index is 0.000000708. The Morgan fingerprint density at radius 2 is 1.64 bits per heavy atom. The Hall–Kier alpha value is -2.59. The van der Waals surface area contributed by atoms with Crippen LogP contribution in [0.25, 0.3) is 0 Å². The van der Waals surface area contributed by atoms with Crippen molar-refractivity contribution in [3.63, 3.8) is 0 Å². The van der Waals surface area contributed by atoms with Gasteiger partial charge in [0.05, 0.1) is 0 Å². The Kier molecular flexibility index (Phi) is 12.4. The smallest absolute Gasteiger partial charge is 0.121 e. The molecule has 0 heterocycles. The molecule has 2 N–H and O–H groups in total. The molecule has 0 radical (unpaired) electrons. The summed E-state index contributed by atoms with van der Waals surface area (Å²) in [4.78, 5) is 3.61. The first-order valence-electron chi connectivity index (χ1n) is 8.09. The number of aliphatic hydroxyl groups is 1. The summed E-state index contributed by atoms with van der Waals surface area (Å²) in [7, 11) is 1.75. The van der Waals surface area contributed by atoms with Crippen LogP contribution in [0, 0.1) is 6.92 Å². The van der Waals surface area contributed by atoms with E-state index in [4.69, 9.17) is 4.74 Å². The van der Waals surface area contributed by atoms with Crippen LogP contribution >= 0.6 is 0 Å². The van der Waals surface area contributed by atoms with Gasteiger partial charge in [0.2, 0.25) is 0 Å². The minimum absolute atomic E-state index is 0.0810. The van der Waals surface area contributed by atoms with Crippen LogP contribution in [-0.4, -0.2) is 30.1 Å². The highest BCUT2D eigenvalue weighted by molar-refractivity contribution is 5.52. The second-order valence-electron chi connectivity index (χ2n) is 5.12. The van der Waals surface area contributed by atoms with E-state index in [1.807, 2.05) is 45.0 Å². The van der Waals surface area contributed by atoms with Gasteiger partial charge in [-0.1, -0.05) is 42.0 Å². The molecule has 2 aromatic carbocycles.